The van der Waals surface area contributed by atoms with E-state index >= 15 is 0 Å². The Morgan fingerprint density at radius 3 is 2.70 bits per heavy atom. The number of hydrogen-bond acceptors (Lipinski definition) is 3. The maximum absolute atomic E-state index is 12.5. The van der Waals surface area contributed by atoms with E-state index in [9.17, 15) is 9.59 Å². The zero-order valence-electron chi connectivity index (χ0n) is 12.0. The predicted octanol–water partition coefficient (Wildman–Crippen LogP) is 2.81. The van der Waals surface area contributed by atoms with Gasteiger partial charge in [0, 0.05) is 18.0 Å². The Balaban J connectivity index is 2.11. The zero-order chi connectivity index (χ0) is 14.7. The van der Waals surface area contributed by atoms with Gasteiger partial charge in [-0.3, -0.25) is 9.59 Å². The standard InChI is InChI=1S/C15H21NO3S/c1-3-16(9-10(2)15(18)19)14(17)13-8-11-6-4-5-7-12(11)20-13/h8,10H,3-7,9H2,1-2H3,(H,18,19). The van der Waals surface area contributed by atoms with Crippen LogP contribution >= 0.6 is 11.3 Å². The van der Waals surface area contributed by atoms with Crippen molar-refractivity contribution in [2.45, 2.75) is 39.5 Å². The lowest BCUT2D eigenvalue weighted by Gasteiger charge is -2.22. The zero-order valence-corrected chi connectivity index (χ0v) is 12.8. The highest BCUT2D eigenvalue weighted by molar-refractivity contribution is 7.14. The molecule has 0 fully saturated rings. The lowest BCUT2D eigenvalue weighted by atomic mass is 9.99. The van der Waals surface area contributed by atoms with Crippen molar-refractivity contribution in [2.75, 3.05) is 13.1 Å². The second kappa shape index (κ2) is 6.39. The average molecular weight is 295 g/mol. The molecule has 1 aliphatic carbocycles. The molecule has 0 aromatic carbocycles. The van der Waals surface area contributed by atoms with Crippen molar-refractivity contribution in [3.05, 3.63) is 21.4 Å². The van der Waals surface area contributed by atoms with Crippen LogP contribution < -0.4 is 0 Å². The van der Waals surface area contributed by atoms with Gasteiger partial charge in [0.1, 0.15) is 0 Å². The second-order valence-corrected chi connectivity index (χ2v) is 6.49. The van der Waals surface area contributed by atoms with Gasteiger partial charge in [-0.15, -0.1) is 11.3 Å². The molecule has 0 saturated heterocycles. The minimum Gasteiger partial charge on any atom is -0.481 e. The van der Waals surface area contributed by atoms with Gasteiger partial charge in [0.05, 0.1) is 10.8 Å². The number of carbonyl (C=O) groups excluding carboxylic acids is 1. The second-order valence-electron chi connectivity index (χ2n) is 5.35. The highest BCUT2D eigenvalue weighted by atomic mass is 32.1. The lowest BCUT2D eigenvalue weighted by molar-refractivity contribution is -0.141. The Hall–Kier alpha value is -1.36. The molecule has 0 radical (unpaired) electrons. The molecule has 1 unspecified atom stereocenters. The number of thiophene rings is 1. The summed E-state index contributed by atoms with van der Waals surface area (Å²) in [6, 6.07) is 2.01. The van der Waals surface area contributed by atoms with Crippen LogP contribution in [0.4, 0.5) is 0 Å². The van der Waals surface area contributed by atoms with Crippen LogP contribution in [0.3, 0.4) is 0 Å². The molecule has 20 heavy (non-hydrogen) atoms. The minimum atomic E-state index is -0.860. The largest absolute Gasteiger partial charge is 0.481 e. The van der Waals surface area contributed by atoms with Crippen LogP contribution in [0.5, 0.6) is 0 Å². The van der Waals surface area contributed by atoms with Gasteiger partial charge >= 0.3 is 5.97 Å². The molecule has 0 bridgehead atoms. The normalized spacial score (nSPS) is 15.5. The molecule has 0 aliphatic heterocycles. The Bertz CT molecular complexity index is 486. The van der Waals surface area contributed by atoms with Crippen molar-refractivity contribution in [3.8, 4) is 0 Å². The van der Waals surface area contributed by atoms with Crippen LogP contribution in [0.15, 0.2) is 6.07 Å². The number of carbonyl (C=O) groups is 2. The van der Waals surface area contributed by atoms with Crippen LogP contribution in [0.2, 0.25) is 0 Å². The van der Waals surface area contributed by atoms with Gasteiger partial charge in [-0.05, 0) is 44.2 Å². The first-order valence-corrected chi connectivity index (χ1v) is 7.98. The maximum atomic E-state index is 12.5. The molecular formula is C15H21NO3S. The molecule has 110 valence electrons. The van der Waals surface area contributed by atoms with Gasteiger partial charge in [0.2, 0.25) is 0 Å². The van der Waals surface area contributed by atoms with E-state index in [0.29, 0.717) is 6.54 Å². The topological polar surface area (TPSA) is 57.6 Å². The quantitative estimate of drug-likeness (QED) is 0.908. The van der Waals surface area contributed by atoms with Gasteiger partial charge < -0.3 is 10.0 Å². The lowest BCUT2D eigenvalue weighted by Crippen LogP contribution is -2.36. The van der Waals surface area contributed by atoms with E-state index < -0.39 is 11.9 Å². The number of aryl methyl sites for hydroxylation is 2. The molecule has 1 aromatic rings. The molecule has 1 N–H and O–H groups in total. The first kappa shape index (κ1) is 15.0. The highest BCUT2D eigenvalue weighted by Gasteiger charge is 2.23. The molecular weight excluding hydrogens is 274 g/mol. The molecule has 5 heteroatoms. The van der Waals surface area contributed by atoms with Crippen LogP contribution in [0.25, 0.3) is 0 Å². The van der Waals surface area contributed by atoms with Crippen LogP contribution in [0.1, 0.15) is 46.8 Å². The summed E-state index contributed by atoms with van der Waals surface area (Å²) in [4.78, 5) is 27.2. The predicted molar refractivity (Wildman–Crippen MR) is 79.3 cm³/mol. The van der Waals surface area contributed by atoms with Crippen molar-refractivity contribution < 1.29 is 14.7 Å². The van der Waals surface area contributed by atoms with Crippen LogP contribution in [0, 0.1) is 5.92 Å². The van der Waals surface area contributed by atoms with Gasteiger partial charge in [-0.1, -0.05) is 6.92 Å². The molecule has 1 amide bonds. The number of carboxylic acids is 1. The summed E-state index contributed by atoms with van der Waals surface area (Å²) in [5.74, 6) is -1.42. The Morgan fingerprint density at radius 1 is 1.40 bits per heavy atom. The SMILES string of the molecule is CCN(CC(C)C(=O)O)C(=O)c1cc2c(s1)CCCC2. The Morgan fingerprint density at radius 2 is 2.10 bits per heavy atom. The van der Waals surface area contributed by atoms with Gasteiger partial charge in [0.15, 0.2) is 0 Å². The molecule has 0 saturated carbocycles. The summed E-state index contributed by atoms with van der Waals surface area (Å²) in [6.45, 7) is 4.34. The van der Waals surface area contributed by atoms with E-state index in [1.54, 1.807) is 23.2 Å². The van der Waals surface area contributed by atoms with Gasteiger partial charge in [-0.2, -0.15) is 0 Å². The minimum absolute atomic E-state index is 0.0278. The Labute approximate surface area is 123 Å². The molecule has 4 nitrogen and oxygen atoms in total. The summed E-state index contributed by atoms with van der Waals surface area (Å²) >= 11 is 1.58. The van der Waals surface area contributed by atoms with Crippen LogP contribution in [-0.4, -0.2) is 35.0 Å². The fourth-order valence-corrected chi connectivity index (χ4v) is 3.74. The van der Waals surface area contributed by atoms with E-state index in [4.69, 9.17) is 5.11 Å². The fraction of sp³-hybridized carbons (Fsp3) is 0.600. The number of fused-ring (bicyclic) bond motifs is 1. The molecule has 2 rings (SSSR count). The molecule has 1 aliphatic rings. The number of amides is 1. The summed E-state index contributed by atoms with van der Waals surface area (Å²) in [6.07, 6.45) is 4.54. The van der Waals surface area contributed by atoms with E-state index in [1.807, 2.05) is 13.0 Å². The third-order valence-corrected chi connectivity index (χ3v) is 5.02. The number of rotatable bonds is 5. The summed E-state index contributed by atoms with van der Waals surface area (Å²) in [7, 11) is 0. The monoisotopic (exact) mass is 295 g/mol. The van der Waals surface area contributed by atoms with Crippen molar-refractivity contribution in [3.63, 3.8) is 0 Å². The van der Waals surface area contributed by atoms with Crippen molar-refractivity contribution in [1.29, 1.82) is 0 Å². The molecule has 1 atom stereocenters. The van der Waals surface area contributed by atoms with E-state index in [1.165, 1.54) is 23.3 Å². The number of aliphatic carboxylic acids is 1. The van der Waals surface area contributed by atoms with E-state index in [-0.39, 0.29) is 12.5 Å². The van der Waals surface area contributed by atoms with Crippen molar-refractivity contribution in [1.82, 2.24) is 4.90 Å². The average Bonchev–Trinajstić information content (AvgIpc) is 2.87. The number of nitrogens with zero attached hydrogens (tertiary/aromatic N) is 1. The first-order chi connectivity index (χ1) is 9.52. The third kappa shape index (κ3) is 3.20. The third-order valence-electron chi connectivity index (χ3n) is 3.79. The number of carboxylic acid groups (broad SMARTS) is 1. The molecule has 1 heterocycles. The summed E-state index contributed by atoms with van der Waals surface area (Å²) < 4.78 is 0. The molecule has 0 spiro atoms. The van der Waals surface area contributed by atoms with Crippen molar-refractivity contribution >= 4 is 23.2 Å². The number of hydrogen-bond donors (Lipinski definition) is 1. The van der Waals surface area contributed by atoms with E-state index in [2.05, 4.69) is 0 Å². The summed E-state index contributed by atoms with van der Waals surface area (Å²) in [5, 5.41) is 8.98. The smallest absolute Gasteiger partial charge is 0.308 e. The van der Waals surface area contributed by atoms with Crippen LogP contribution in [-0.2, 0) is 17.6 Å². The first-order valence-electron chi connectivity index (χ1n) is 7.16. The molecule has 1 aromatic heterocycles. The van der Waals surface area contributed by atoms with Crippen molar-refractivity contribution in [2.24, 2.45) is 5.92 Å². The summed E-state index contributed by atoms with van der Waals surface area (Å²) in [5.41, 5.74) is 1.31. The van der Waals surface area contributed by atoms with Gasteiger partial charge in [-0.25, -0.2) is 0 Å². The maximum Gasteiger partial charge on any atom is 0.308 e. The fourth-order valence-electron chi connectivity index (χ4n) is 2.52. The van der Waals surface area contributed by atoms with E-state index in [0.717, 1.165) is 17.7 Å². The van der Waals surface area contributed by atoms with Gasteiger partial charge in [0.25, 0.3) is 5.91 Å². The Kier molecular flexibility index (Phi) is 4.81. The highest BCUT2D eigenvalue weighted by Crippen LogP contribution is 2.30.